The Morgan fingerprint density at radius 1 is 1.20 bits per heavy atom. The molecule has 0 radical (unpaired) electrons. The van der Waals surface area contributed by atoms with Gasteiger partial charge in [-0.25, -0.2) is 0 Å². The Labute approximate surface area is 125 Å². The molecule has 1 heterocycles. The van der Waals surface area contributed by atoms with Gasteiger partial charge in [0.15, 0.2) is 5.96 Å². The summed E-state index contributed by atoms with van der Waals surface area (Å²) in [7, 11) is 1.84. The Kier molecular flexibility index (Phi) is 8.67. The summed E-state index contributed by atoms with van der Waals surface area (Å²) >= 11 is 0. The summed E-state index contributed by atoms with van der Waals surface area (Å²) in [6.07, 6.45) is 5.25. The van der Waals surface area contributed by atoms with E-state index in [-0.39, 0.29) is 0 Å². The predicted octanol–water partition coefficient (Wildman–Crippen LogP) is 2.32. The van der Waals surface area contributed by atoms with Crippen LogP contribution in [0.4, 0.5) is 0 Å². The SMILES string of the molecule is CN=C(NCCCCN1CCC(C)CC1)NCC(C)C. The Morgan fingerprint density at radius 2 is 1.90 bits per heavy atom. The highest BCUT2D eigenvalue weighted by molar-refractivity contribution is 5.79. The first kappa shape index (κ1) is 17.3. The third-order valence-electron chi connectivity index (χ3n) is 3.97. The molecule has 1 aliphatic rings. The second kappa shape index (κ2) is 10.0. The van der Waals surface area contributed by atoms with Crippen LogP contribution in [0.2, 0.25) is 0 Å². The third-order valence-corrected chi connectivity index (χ3v) is 3.97. The minimum absolute atomic E-state index is 0.648. The number of nitrogens with one attached hydrogen (secondary N) is 2. The van der Waals surface area contributed by atoms with Gasteiger partial charge >= 0.3 is 0 Å². The van der Waals surface area contributed by atoms with Gasteiger partial charge in [0.1, 0.15) is 0 Å². The second-order valence-electron chi connectivity index (χ2n) is 6.51. The normalized spacial score (nSPS) is 18.6. The number of hydrogen-bond acceptors (Lipinski definition) is 2. The summed E-state index contributed by atoms with van der Waals surface area (Å²) in [5.74, 6) is 2.52. The van der Waals surface area contributed by atoms with E-state index < -0.39 is 0 Å². The van der Waals surface area contributed by atoms with Crippen molar-refractivity contribution < 1.29 is 0 Å². The average Bonchev–Trinajstić information content (AvgIpc) is 2.43. The maximum absolute atomic E-state index is 4.24. The molecule has 0 unspecified atom stereocenters. The minimum atomic E-state index is 0.648. The average molecular weight is 282 g/mol. The molecular weight excluding hydrogens is 248 g/mol. The molecule has 4 nitrogen and oxygen atoms in total. The van der Waals surface area contributed by atoms with Crippen molar-refractivity contribution in [3.05, 3.63) is 0 Å². The van der Waals surface area contributed by atoms with Gasteiger partial charge in [0, 0.05) is 20.1 Å². The van der Waals surface area contributed by atoms with E-state index >= 15 is 0 Å². The first-order valence-corrected chi connectivity index (χ1v) is 8.28. The molecule has 0 aromatic rings. The molecule has 0 spiro atoms. The first-order chi connectivity index (χ1) is 9.61. The van der Waals surface area contributed by atoms with Crippen LogP contribution >= 0.6 is 0 Å². The van der Waals surface area contributed by atoms with Crippen LogP contribution in [0.1, 0.15) is 46.5 Å². The lowest BCUT2D eigenvalue weighted by atomic mass is 9.99. The van der Waals surface area contributed by atoms with Crippen molar-refractivity contribution in [1.82, 2.24) is 15.5 Å². The fourth-order valence-corrected chi connectivity index (χ4v) is 2.47. The lowest BCUT2D eigenvalue weighted by Crippen LogP contribution is -2.39. The van der Waals surface area contributed by atoms with Gasteiger partial charge in [-0.3, -0.25) is 4.99 Å². The van der Waals surface area contributed by atoms with E-state index in [1.54, 1.807) is 0 Å². The topological polar surface area (TPSA) is 39.7 Å². The molecule has 0 amide bonds. The molecular formula is C16H34N4. The quantitative estimate of drug-likeness (QED) is 0.428. The zero-order chi connectivity index (χ0) is 14.8. The van der Waals surface area contributed by atoms with Crippen molar-refractivity contribution in [2.24, 2.45) is 16.8 Å². The van der Waals surface area contributed by atoms with E-state index in [0.717, 1.165) is 25.0 Å². The Bertz CT molecular complexity index is 268. The second-order valence-corrected chi connectivity index (χ2v) is 6.51. The maximum Gasteiger partial charge on any atom is 0.190 e. The predicted molar refractivity (Wildman–Crippen MR) is 88.3 cm³/mol. The molecule has 1 aliphatic heterocycles. The van der Waals surface area contributed by atoms with Crippen LogP contribution in [0.3, 0.4) is 0 Å². The van der Waals surface area contributed by atoms with Gasteiger partial charge in [-0.1, -0.05) is 20.8 Å². The monoisotopic (exact) mass is 282 g/mol. The highest BCUT2D eigenvalue weighted by atomic mass is 15.2. The summed E-state index contributed by atoms with van der Waals surface area (Å²) in [6.45, 7) is 12.6. The van der Waals surface area contributed by atoms with Crippen LogP contribution in [0.25, 0.3) is 0 Å². The van der Waals surface area contributed by atoms with Gasteiger partial charge in [-0.05, 0) is 57.2 Å². The van der Waals surface area contributed by atoms with E-state index in [1.165, 1.54) is 45.3 Å². The standard InChI is InChI=1S/C16H34N4/c1-14(2)13-19-16(17-4)18-9-5-6-10-20-11-7-15(3)8-12-20/h14-15H,5-13H2,1-4H3,(H2,17,18,19). The largest absolute Gasteiger partial charge is 0.356 e. The van der Waals surface area contributed by atoms with Crippen molar-refractivity contribution in [2.75, 3.05) is 39.8 Å². The summed E-state index contributed by atoms with van der Waals surface area (Å²) in [6, 6.07) is 0. The Balaban J connectivity index is 2.00. The third kappa shape index (κ3) is 7.73. The molecule has 1 saturated heterocycles. The van der Waals surface area contributed by atoms with Crippen LogP contribution in [0.15, 0.2) is 4.99 Å². The highest BCUT2D eigenvalue weighted by Gasteiger charge is 2.14. The molecule has 2 N–H and O–H groups in total. The van der Waals surface area contributed by atoms with Gasteiger partial charge in [0.05, 0.1) is 0 Å². The van der Waals surface area contributed by atoms with Gasteiger partial charge in [-0.15, -0.1) is 0 Å². The van der Waals surface area contributed by atoms with E-state index in [9.17, 15) is 0 Å². The van der Waals surface area contributed by atoms with Gasteiger partial charge in [0.2, 0.25) is 0 Å². The minimum Gasteiger partial charge on any atom is -0.356 e. The number of guanidine groups is 1. The van der Waals surface area contributed by atoms with Crippen LogP contribution < -0.4 is 10.6 Å². The molecule has 0 saturated carbocycles. The molecule has 118 valence electrons. The van der Waals surface area contributed by atoms with Crippen LogP contribution in [0.5, 0.6) is 0 Å². The van der Waals surface area contributed by atoms with Crippen LogP contribution in [-0.2, 0) is 0 Å². The van der Waals surface area contributed by atoms with Crippen molar-refractivity contribution in [1.29, 1.82) is 0 Å². The van der Waals surface area contributed by atoms with E-state index in [2.05, 4.69) is 41.3 Å². The highest BCUT2D eigenvalue weighted by Crippen LogP contribution is 2.15. The van der Waals surface area contributed by atoms with E-state index in [1.807, 2.05) is 7.05 Å². The molecule has 0 aromatic carbocycles. The van der Waals surface area contributed by atoms with Crippen molar-refractivity contribution in [3.8, 4) is 0 Å². The number of unbranched alkanes of at least 4 members (excludes halogenated alkanes) is 1. The summed E-state index contributed by atoms with van der Waals surface area (Å²) in [5.41, 5.74) is 0. The molecule has 0 aliphatic carbocycles. The smallest absolute Gasteiger partial charge is 0.190 e. The number of likely N-dealkylation sites (tertiary alicyclic amines) is 1. The lowest BCUT2D eigenvalue weighted by Gasteiger charge is -2.30. The number of nitrogens with zero attached hydrogens (tertiary/aromatic N) is 2. The van der Waals surface area contributed by atoms with Crippen molar-refractivity contribution in [3.63, 3.8) is 0 Å². The Morgan fingerprint density at radius 3 is 2.50 bits per heavy atom. The molecule has 0 aromatic heterocycles. The molecule has 0 atom stereocenters. The van der Waals surface area contributed by atoms with E-state index in [4.69, 9.17) is 0 Å². The Hall–Kier alpha value is -0.770. The summed E-state index contributed by atoms with van der Waals surface area (Å²) in [5, 5.41) is 6.73. The molecule has 4 heteroatoms. The van der Waals surface area contributed by atoms with Crippen LogP contribution in [-0.4, -0.2) is 50.6 Å². The van der Waals surface area contributed by atoms with Crippen LogP contribution in [0, 0.1) is 11.8 Å². The van der Waals surface area contributed by atoms with Gasteiger partial charge in [-0.2, -0.15) is 0 Å². The molecule has 0 bridgehead atoms. The number of hydrogen-bond donors (Lipinski definition) is 2. The number of aliphatic imine (C=N–C) groups is 1. The summed E-state index contributed by atoms with van der Waals surface area (Å²) in [4.78, 5) is 6.86. The molecule has 1 fully saturated rings. The first-order valence-electron chi connectivity index (χ1n) is 8.28. The van der Waals surface area contributed by atoms with Gasteiger partial charge < -0.3 is 15.5 Å². The zero-order valence-corrected chi connectivity index (χ0v) is 13.9. The molecule has 1 rings (SSSR count). The van der Waals surface area contributed by atoms with Crippen molar-refractivity contribution in [2.45, 2.75) is 46.5 Å². The summed E-state index contributed by atoms with van der Waals surface area (Å²) < 4.78 is 0. The fraction of sp³-hybridized carbons (Fsp3) is 0.938. The number of rotatable bonds is 7. The lowest BCUT2D eigenvalue weighted by molar-refractivity contribution is 0.189. The van der Waals surface area contributed by atoms with Gasteiger partial charge in [0.25, 0.3) is 0 Å². The zero-order valence-electron chi connectivity index (χ0n) is 13.9. The van der Waals surface area contributed by atoms with E-state index in [0.29, 0.717) is 5.92 Å². The maximum atomic E-state index is 4.24. The molecule has 20 heavy (non-hydrogen) atoms. The van der Waals surface area contributed by atoms with Crippen molar-refractivity contribution >= 4 is 5.96 Å². The fourth-order valence-electron chi connectivity index (χ4n) is 2.47. The number of piperidine rings is 1.